The monoisotopic (exact) mass is 395 g/mol. The maximum atomic E-state index is 12.7. The van der Waals surface area contributed by atoms with Crippen molar-refractivity contribution in [1.29, 1.82) is 0 Å². The van der Waals surface area contributed by atoms with E-state index in [1.807, 2.05) is 0 Å². The molecule has 1 aliphatic heterocycles. The number of carbonyl (C=O) groups is 1. The van der Waals surface area contributed by atoms with Gasteiger partial charge in [0.25, 0.3) is 0 Å². The quantitative estimate of drug-likeness (QED) is 0.728. The van der Waals surface area contributed by atoms with Crippen molar-refractivity contribution < 1.29 is 22.7 Å². The first-order valence-corrected chi connectivity index (χ1v) is 9.88. The molecule has 1 saturated heterocycles. The highest BCUT2D eigenvalue weighted by atomic mass is 35.5. The number of carbonyl (C=O) groups excluding carboxylic acids is 1. The number of hydrogen-bond acceptors (Lipinski definition) is 5. The van der Waals surface area contributed by atoms with Crippen molar-refractivity contribution in [2.75, 3.05) is 26.3 Å². The predicted molar refractivity (Wildman–Crippen MR) is 96.6 cm³/mol. The first kappa shape index (κ1) is 18.8. The molecule has 3 rings (SSSR count). The molecule has 0 saturated carbocycles. The van der Waals surface area contributed by atoms with E-state index in [0.717, 1.165) is 0 Å². The molecule has 0 aliphatic carbocycles. The van der Waals surface area contributed by atoms with E-state index in [-0.39, 0.29) is 11.5 Å². The van der Waals surface area contributed by atoms with Crippen molar-refractivity contribution in [1.82, 2.24) is 4.31 Å². The summed E-state index contributed by atoms with van der Waals surface area (Å²) in [5.41, 5.74) is 0.980. The molecular formula is C18H18ClNO5S. The van der Waals surface area contributed by atoms with Crippen LogP contribution in [0.4, 0.5) is 0 Å². The lowest BCUT2D eigenvalue weighted by Gasteiger charge is -2.26. The van der Waals surface area contributed by atoms with Crippen LogP contribution in [-0.2, 0) is 26.1 Å². The second kappa shape index (κ2) is 8.18. The summed E-state index contributed by atoms with van der Waals surface area (Å²) in [5.74, 6) is -0.497. The predicted octanol–water partition coefficient (Wildman–Crippen LogP) is 2.72. The molecular weight excluding hydrogens is 378 g/mol. The molecule has 0 amide bonds. The summed E-state index contributed by atoms with van der Waals surface area (Å²) >= 11 is 5.79. The Hall–Kier alpha value is -1.93. The van der Waals surface area contributed by atoms with Crippen LogP contribution in [0.1, 0.15) is 15.9 Å². The molecule has 1 fully saturated rings. The third-order valence-corrected chi connectivity index (χ3v) is 6.10. The standard InChI is InChI=1S/C18H18ClNO5S/c19-16-6-4-15(5-7-16)18(21)25-13-14-2-1-3-17(12-14)26(22,23)20-8-10-24-11-9-20/h1-7,12H,8-11,13H2. The van der Waals surface area contributed by atoms with E-state index in [1.165, 1.54) is 16.4 Å². The van der Waals surface area contributed by atoms with Gasteiger partial charge in [-0.15, -0.1) is 0 Å². The first-order chi connectivity index (χ1) is 12.5. The van der Waals surface area contributed by atoms with Gasteiger partial charge in [0.05, 0.1) is 23.7 Å². The fourth-order valence-electron chi connectivity index (χ4n) is 2.55. The average molecular weight is 396 g/mol. The van der Waals surface area contributed by atoms with Gasteiger partial charge in [-0.2, -0.15) is 4.31 Å². The molecule has 2 aromatic rings. The van der Waals surface area contributed by atoms with Crippen LogP contribution in [0.5, 0.6) is 0 Å². The van der Waals surface area contributed by atoms with Gasteiger partial charge in [0.1, 0.15) is 6.61 Å². The zero-order valence-electron chi connectivity index (χ0n) is 13.9. The first-order valence-electron chi connectivity index (χ1n) is 8.06. The minimum absolute atomic E-state index is 0.0199. The van der Waals surface area contributed by atoms with Gasteiger partial charge in [0, 0.05) is 18.1 Å². The van der Waals surface area contributed by atoms with Gasteiger partial charge >= 0.3 is 5.97 Å². The SMILES string of the molecule is O=C(OCc1cccc(S(=O)(=O)N2CCOCC2)c1)c1ccc(Cl)cc1. The Labute approximate surface area is 157 Å². The summed E-state index contributed by atoms with van der Waals surface area (Å²) in [6.07, 6.45) is 0. The van der Waals surface area contributed by atoms with Crippen LogP contribution in [-0.4, -0.2) is 45.0 Å². The van der Waals surface area contributed by atoms with E-state index >= 15 is 0 Å². The zero-order valence-corrected chi connectivity index (χ0v) is 15.5. The topological polar surface area (TPSA) is 72.9 Å². The summed E-state index contributed by atoms with van der Waals surface area (Å²) in [7, 11) is -3.58. The molecule has 0 spiro atoms. The summed E-state index contributed by atoms with van der Waals surface area (Å²) < 4.78 is 37.2. The van der Waals surface area contributed by atoms with Crippen molar-refractivity contribution in [2.45, 2.75) is 11.5 Å². The van der Waals surface area contributed by atoms with Crippen LogP contribution in [0.15, 0.2) is 53.4 Å². The average Bonchev–Trinajstić information content (AvgIpc) is 2.67. The zero-order chi connectivity index (χ0) is 18.6. The molecule has 1 heterocycles. The van der Waals surface area contributed by atoms with E-state index in [2.05, 4.69) is 0 Å². The number of nitrogens with zero attached hydrogens (tertiary/aromatic N) is 1. The van der Waals surface area contributed by atoms with E-state index < -0.39 is 16.0 Å². The molecule has 6 nitrogen and oxygen atoms in total. The van der Waals surface area contributed by atoms with Crippen LogP contribution in [0.2, 0.25) is 5.02 Å². The molecule has 26 heavy (non-hydrogen) atoms. The number of morpholine rings is 1. The lowest BCUT2D eigenvalue weighted by Crippen LogP contribution is -2.40. The van der Waals surface area contributed by atoms with Gasteiger partial charge in [0.2, 0.25) is 10.0 Å². The number of ether oxygens (including phenoxy) is 2. The highest BCUT2D eigenvalue weighted by Crippen LogP contribution is 2.19. The fraction of sp³-hybridized carbons (Fsp3) is 0.278. The van der Waals surface area contributed by atoms with Crippen molar-refractivity contribution in [3.8, 4) is 0 Å². The molecule has 2 aromatic carbocycles. The number of hydrogen-bond donors (Lipinski definition) is 0. The van der Waals surface area contributed by atoms with Gasteiger partial charge < -0.3 is 9.47 Å². The molecule has 1 aliphatic rings. The summed E-state index contributed by atoms with van der Waals surface area (Å²) in [6, 6.07) is 12.8. The normalized spacial score (nSPS) is 15.6. The second-order valence-corrected chi connectivity index (χ2v) is 8.12. The van der Waals surface area contributed by atoms with Crippen LogP contribution in [0, 0.1) is 0 Å². The number of halogens is 1. The maximum Gasteiger partial charge on any atom is 0.338 e. The lowest BCUT2D eigenvalue weighted by atomic mass is 10.2. The Morgan fingerprint density at radius 2 is 1.81 bits per heavy atom. The molecule has 0 N–H and O–H groups in total. The molecule has 0 atom stereocenters. The smallest absolute Gasteiger partial charge is 0.338 e. The third kappa shape index (κ3) is 4.42. The Morgan fingerprint density at radius 3 is 2.50 bits per heavy atom. The maximum absolute atomic E-state index is 12.7. The highest BCUT2D eigenvalue weighted by Gasteiger charge is 2.26. The van der Waals surface area contributed by atoms with Crippen molar-refractivity contribution in [2.24, 2.45) is 0 Å². The van der Waals surface area contributed by atoms with Crippen molar-refractivity contribution in [3.63, 3.8) is 0 Å². The fourth-order valence-corrected chi connectivity index (χ4v) is 4.15. The minimum atomic E-state index is -3.58. The van der Waals surface area contributed by atoms with Gasteiger partial charge in [-0.3, -0.25) is 0 Å². The Bertz CT molecular complexity index is 877. The van der Waals surface area contributed by atoms with E-state index in [4.69, 9.17) is 21.1 Å². The van der Waals surface area contributed by atoms with E-state index in [9.17, 15) is 13.2 Å². The molecule has 138 valence electrons. The van der Waals surface area contributed by atoms with Crippen LogP contribution < -0.4 is 0 Å². The van der Waals surface area contributed by atoms with E-state index in [0.29, 0.717) is 42.5 Å². The molecule has 8 heteroatoms. The lowest BCUT2D eigenvalue weighted by molar-refractivity contribution is 0.0472. The third-order valence-electron chi connectivity index (χ3n) is 3.96. The largest absolute Gasteiger partial charge is 0.457 e. The van der Waals surface area contributed by atoms with Crippen LogP contribution in [0.3, 0.4) is 0 Å². The molecule has 0 radical (unpaired) electrons. The van der Waals surface area contributed by atoms with Crippen molar-refractivity contribution in [3.05, 3.63) is 64.7 Å². The number of benzene rings is 2. The summed E-state index contributed by atoms with van der Waals surface area (Å²) in [6.45, 7) is 1.42. The van der Waals surface area contributed by atoms with Crippen molar-refractivity contribution >= 4 is 27.6 Å². The summed E-state index contributed by atoms with van der Waals surface area (Å²) in [5, 5.41) is 0.530. The number of esters is 1. The second-order valence-electron chi connectivity index (χ2n) is 5.75. The molecule has 0 aromatic heterocycles. The van der Waals surface area contributed by atoms with Gasteiger partial charge in [-0.05, 0) is 42.0 Å². The van der Waals surface area contributed by atoms with Gasteiger partial charge in [-0.25, -0.2) is 13.2 Å². The van der Waals surface area contributed by atoms with Crippen LogP contribution >= 0.6 is 11.6 Å². The van der Waals surface area contributed by atoms with E-state index in [1.54, 1.807) is 36.4 Å². The Morgan fingerprint density at radius 1 is 1.12 bits per heavy atom. The van der Waals surface area contributed by atoms with Crippen LogP contribution in [0.25, 0.3) is 0 Å². The Balaban J connectivity index is 1.69. The number of sulfonamides is 1. The van der Waals surface area contributed by atoms with Gasteiger partial charge in [0.15, 0.2) is 0 Å². The highest BCUT2D eigenvalue weighted by molar-refractivity contribution is 7.89. The Kier molecular flexibility index (Phi) is 5.93. The molecule has 0 bridgehead atoms. The number of rotatable bonds is 5. The molecule has 0 unspecified atom stereocenters. The minimum Gasteiger partial charge on any atom is -0.457 e. The van der Waals surface area contributed by atoms with Gasteiger partial charge in [-0.1, -0.05) is 23.7 Å². The summed E-state index contributed by atoms with van der Waals surface area (Å²) in [4.78, 5) is 12.2.